The Morgan fingerprint density at radius 1 is 1.45 bits per heavy atom. The van der Waals surface area contributed by atoms with E-state index in [1.807, 2.05) is 20.0 Å². The molecule has 1 N–H and O–H groups in total. The fourth-order valence-electron chi connectivity index (χ4n) is 2.26. The topological polar surface area (TPSA) is 66.9 Å². The zero-order valence-electron chi connectivity index (χ0n) is 11.4. The number of halogens is 1. The van der Waals surface area contributed by atoms with Gasteiger partial charge in [-0.1, -0.05) is 0 Å². The minimum Gasteiger partial charge on any atom is -0.366 e. The predicted octanol–water partition coefficient (Wildman–Crippen LogP) is 2.16. The molecule has 20 heavy (non-hydrogen) atoms. The smallest absolute Gasteiger partial charge is 0.181 e. The molecule has 0 bridgehead atoms. The van der Waals surface area contributed by atoms with Crippen LogP contribution in [0.5, 0.6) is 0 Å². The molecule has 0 aromatic carbocycles. The average molecular weight is 338 g/mol. The summed E-state index contributed by atoms with van der Waals surface area (Å²) >= 11 is 3.58. The molecule has 0 spiro atoms. The number of ether oxygens (including phenoxy) is 1. The van der Waals surface area contributed by atoms with Gasteiger partial charge in [0.05, 0.1) is 17.6 Å². The number of pyridine rings is 1. The number of hydrogen-bond donors (Lipinski definition) is 1. The van der Waals surface area contributed by atoms with E-state index in [2.05, 4.69) is 47.1 Å². The zero-order chi connectivity index (χ0) is 14.1. The summed E-state index contributed by atoms with van der Waals surface area (Å²) in [5.41, 5.74) is 1.13. The molecule has 0 radical (unpaired) electrons. The highest BCUT2D eigenvalue weighted by Gasteiger charge is 2.26. The Morgan fingerprint density at radius 3 is 3.00 bits per heavy atom. The Balaban J connectivity index is 1.81. The van der Waals surface area contributed by atoms with Crippen molar-refractivity contribution in [2.75, 3.05) is 24.6 Å². The van der Waals surface area contributed by atoms with E-state index in [0.717, 1.165) is 28.2 Å². The van der Waals surface area contributed by atoms with Crippen LogP contribution in [0.1, 0.15) is 23.3 Å². The third-order valence-electron chi connectivity index (χ3n) is 3.23. The molecular weight excluding hydrogens is 322 g/mol. The van der Waals surface area contributed by atoms with E-state index < -0.39 is 0 Å². The van der Waals surface area contributed by atoms with Crippen LogP contribution in [-0.4, -0.2) is 39.9 Å². The van der Waals surface area contributed by atoms with Crippen molar-refractivity contribution < 1.29 is 4.74 Å². The number of anilines is 1. The van der Waals surface area contributed by atoms with E-state index >= 15 is 0 Å². The average Bonchev–Trinajstić information content (AvgIpc) is 2.86. The zero-order valence-corrected chi connectivity index (χ0v) is 13.0. The van der Waals surface area contributed by atoms with E-state index in [9.17, 15) is 0 Å². The van der Waals surface area contributed by atoms with Gasteiger partial charge in [0.25, 0.3) is 0 Å². The minimum absolute atomic E-state index is 0.122. The molecule has 6 nitrogen and oxygen atoms in total. The number of morpholine rings is 1. The first kappa shape index (κ1) is 13.5. The maximum Gasteiger partial charge on any atom is 0.181 e. The van der Waals surface area contributed by atoms with Crippen molar-refractivity contribution in [2.45, 2.75) is 20.0 Å². The first-order valence-electron chi connectivity index (χ1n) is 6.51. The van der Waals surface area contributed by atoms with Crippen molar-refractivity contribution in [1.82, 2.24) is 20.2 Å². The Labute approximate surface area is 125 Å². The van der Waals surface area contributed by atoms with Crippen LogP contribution in [0.4, 0.5) is 5.82 Å². The van der Waals surface area contributed by atoms with Crippen LogP contribution >= 0.6 is 15.9 Å². The number of aryl methyl sites for hydroxylation is 2. The molecule has 3 rings (SSSR count). The molecule has 2 aromatic rings. The number of nitrogens with one attached hydrogen (secondary N) is 1. The van der Waals surface area contributed by atoms with Crippen LogP contribution in [0.25, 0.3) is 0 Å². The van der Waals surface area contributed by atoms with Gasteiger partial charge < -0.3 is 9.64 Å². The Hall–Kier alpha value is -1.47. The highest BCUT2D eigenvalue weighted by molar-refractivity contribution is 9.10. The quantitative estimate of drug-likeness (QED) is 0.909. The number of nitrogens with zero attached hydrogens (tertiary/aromatic N) is 4. The summed E-state index contributed by atoms with van der Waals surface area (Å²) in [5, 5.41) is 7.04. The Kier molecular flexibility index (Phi) is 3.71. The van der Waals surface area contributed by atoms with Crippen LogP contribution in [-0.2, 0) is 4.74 Å². The summed E-state index contributed by atoms with van der Waals surface area (Å²) in [6, 6.07) is 2.07. The summed E-state index contributed by atoms with van der Waals surface area (Å²) in [6.07, 6.45) is 1.75. The second-order valence-electron chi connectivity index (χ2n) is 4.90. The van der Waals surface area contributed by atoms with E-state index in [0.29, 0.717) is 19.0 Å². The third-order valence-corrected chi connectivity index (χ3v) is 3.81. The van der Waals surface area contributed by atoms with Gasteiger partial charge in [0, 0.05) is 12.7 Å². The molecular formula is C13H16BrN5O. The van der Waals surface area contributed by atoms with Crippen molar-refractivity contribution >= 4 is 21.7 Å². The van der Waals surface area contributed by atoms with Gasteiger partial charge in [0.1, 0.15) is 17.7 Å². The summed E-state index contributed by atoms with van der Waals surface area (Å²) in [7, 11) is 0. The molecule has 0 aliphatic carbocycles. The van der Waals surface area contributed by atoms with Gasteiger partial charge in [-0.05, 0) is 41.4 Å². The lowest BCUT2D eigenvalue weighted by Gasteiger charge is -2.33. The number of aromatic amines is 1. The van der Waals surface area contributed by atoms with E-state index in [-0.39, 0.29) is 6.10 Å². The van der Waals surface area contributed by atoms with Gasteiger partial charge >= 0.3 is 0 Å². The van der Waals surface area contributed by atoms with E-state index in [4.69, 9.17) is 4.74 Å². The van der Waals surface area contributed by atoms with Crippen molar-refractivity contribution in [3.05, 3.63) is 33.9 Å². The summed E-state index contributed by atoms with van der Waals surface area (Å²) in [4.78, 5) is 11.1. The second kappa shape index (κ2) is 5.49. The fraction of sp³-hybridized carbons (Fsp3) is 0.462. The van der Waals surface area contributed by atoms with Crippen LogP contribution < -0.4 is 4.90 Å². The molecule has 1 aliphatic heterocycles. The van der Waals surface area contributed by atoms with Crippen molar-refractivity contribution in [3.8, 4) is 0 Å². The molecule has 1 saturated heterocycles. The van der Waals surface area contributed by atoms with Gasteiger partial charge in [-0.15, -0.1) is 0 Å². The van der Waals surface area contributed by atoms with Crippen LogP contribution in [0.3, 0.4) is 0 Å². The molecule has 1 atom stereocenters. The maximum atomic E-state index is 5.76. The number of hydrogen-bond acceptors (Lipinski definition) is 5. The number of aromatic nitrogens is 4. The molecule has 1 fully saturated rings. The lowest BCUT2D eigenvalue weighted by Crippen LogP contribution is -2.39. The second-order valence-corrected chi connectivity index (χ2v) is 5.76. The van der Waals surface area contributed by atoms with Crippen LogP contribution in [0.15, 0.2) is 16.7 Å². The molecule has 1 unspecified atom stereocenters. The van der Waals surface area contributed by atoms with Gasteiger partial charge in [0.15, 0.2) is 5.82 Å². The Bertz CT molecular complexity index is 615. The minimum atomic E-state index is -0.122. The lowest BCUT2D eigenvalue weighted by molar-refractivity contribution is 0.0339. The molecule has 3 heterocycles. The summed E-state index contributed by atoms with van der Waals surface area (Å²) in [6.45, 7) is 6.07. The van der Waals surface area contributed by atoms with Gasteiger partial charge in [0.2, 0.25) is 0 Å². The summed E-state index contributed by atoms with van der Waals surface area (Å²) < 4.78 is 6.77. The standard InChI is InChI=1S/C13H16BrN5O/c1-8-5-10(14)13(15-6-8)19-3-4-20-11(7-19)12-16-9(2)17-18-12/h5-6,11H,3-4,7H2,1-2H3,(H,16,17,18). The van der Waals surface area contributed by atoms with Gasteiger partial charge in [-0.2, -0.15) is 5.10 Å². The van der Waals surface area contributed by atoms with Gasteiger partial charge in [-0.3, -0.25) is 5.10 Å². The third kappa shape index (κ3) is 2.69. The van der Waals surface area contributed by atoms with Crippen LogP contribution in [0, 0.1) is 13.8 Å². The summed E-state index contributed by atoms with van der Waals surface area (Å²) in [5.74, 6) is 2.45. The number of H-pyrrole nitrogens is 1. The molecule has 1 aliphatic rings. The molecule has 0 amide bonds. The molecule has 2 aromatic heterocycles. The lowest BCUT2D eigenvalue weighted by atomic mass is 10.2. The van der Waals surface area contributed by atoms with Crippen molar-refractivity contribution in [1.29, 1.82) is 0 Å². The SMILES string of the molecule is Cc1cnc(N2CCOC(c3n[nH]c(C)n3)C2)c(Br)c1. The highest BCUT2D eigenvalue weighted by Crippen LogP contribution is 2.28. The highest BCUT2D eigenvalue weighted by atomic mass is 79.9. The first-order chi connectivity index (χ1) is 9.63. The molecule has 7 heteroatoms. The largest absolute Gasteiger partial charge is 0.366 e. The van der Waals surface area contributed by atoms with Crippen molar-refractivity contribution in [2.24, 2.45) is 0 Å². The van der Waals surface area contributed by atoms with E-state index in [1.54, 1.807) is 0 Å². The molecule has 106 valence electrons. The Morgan fingerprint density at radius 2 is 2.30 bits per heavy atom. The normalized spacial score (nSPS) is 19.4. The first-order valence-corrected chi connectivity index (χ1v) is 7.30. The maximum absolute atomic E-state index is 5.76. The number of rotatable bonds is 2. The van der Waals surface area contributed by atoms with Crippen LogP contribution in [0.2, 0.25) is 0 Å². The molecule has 0 saturated carbocycles. The predicted molar refractivity (Wildman–Crippen MR) is 78.7 cm³/mol. The van der Waals surface area contributed by atoms with Crippen molar-refractivity contribution in [3.63, 3.8) is 0 Å². The monoisotopic (exact) mass is 337 g/mol. The fourth-order valence-corrected chi connectivity index (χ4v) is 2.98. The van der Waals surface area contributed by atoms with E-state index in [1.165, 1.54) is 0 Å². The van der Waals surface area contributed by atoms with Gasteiger partial charge in [-0.25, -0.2) is 9.97 Å².